The zero-order valence-corrected chi connectivity index (χ0v) is 7.74. The van der Waals surface area contributed by atoms with Gasteiger partial charge in [0.2, 0.25) is 0 Å². The SMILES string of the molecule is CC(C)c1ccc(C(=O)NO)cc1. The molecule has 70 valence electrons. The molecule has 0 aliphatic carbocycles. The van der Waals surface area contributed by atoms with E-state index in [1.165, 1.54) is 5.56 Å². The van der Waals surface area contributed by atoms with Crippen LogP contribution in [-0.4, -0.2) is 11.1 Å². The number of benzene rings is 1. The van der Waals surface area contributed by atoms with Crippen LogP contribution >= 0.6 is 0 Å². The molecule has 0 bridgehead atoms. The molecule has 3 nitrogen and oxygen atoms in total. The van der Waals surface area contributed by atoms with Gasteiger partial charge < -0.3 is 0 Å². The second-order valence-electron chi connectivity index (χ2n) is 3.22. The van der Waals surface area contributed by atoms with E-state index in [4.69, 9.17) is 5.21 Å². The molecule has 3 heteroatoms. The summed E-state index contributed by atoms with van der Waals surface area (Å²) in [6.45, 7) is 4.17. The minimum Gasteiger partial charge on any atom is -0.288 e. The summed E-state index contributed by atoms with van der Waals surface area (Å²) in [5.41, 5.74) is 3.23. The smallest absolute Gasteiger partial charge is 0.274 e. The van der Waals surface area contributed by atoms with Gasteiger partial charge in [-0.2, -0.15) is 0 Å². The van der Waals surface area contributed by atoms with Gasteiger partial charge in [0, 0.05) is 5.56 Å². The van der Waals surface area contributed by atoms with Gasteiger partial charge in [0.1, 0.15) is 0 Å². The number of carbonyl (C=O) groups is 1. The van der Waals surface area contributed by atoms with Crippen molar-refractivity contribution >= 4 is 5.91 Å². The Morgan fingerprint density at radius 2 is 1.85 bits per heavy atom. The molecular weight excluding hydrogens is 166 g/mol. The first kappa shape index (κ1) is 9.74. The molecule has 0 radical (unpaired) electrons. The molecule has 13 heavy (non-hydrogen) atoms. The number of rotatable bonds is 2. The molecule has 0 fully saturated rings. The van der Waals surface area contributed by atoms with E-state index in [2.05, 4.69) is 13.8 Å². The molecule has 0 atom stereocenters. The maximum atomic E-state index is 10.9. The molecule has 1 rings (SSSR count). The first-order valence-corrected chi connectivity index (χ1v) is 4.19. The van der Waals surface area contributed by atoms with Crippen LogP contribution < -0.4 is 5.48 Å². The maximum Gasteiger partial charge on any atom is 0.274 e. The van der Waals surface area contributed by atoms with Crippen LogP contribution in [0.2, 0.25) is 0 Å². The third-order valence-electron chi connectivity index (χ3n) is 1.94. The lowest BCUT2D eigenvalue weighted by molar-refractivity contribution is 0.0706. The topological polar surface area (TPSA) is 49.3 Å². The van der Waals surface area contributed by atoms with E-state index < -0.39 is 5.91 Å². The first-order valence-electron chi connectivity index (χ1n) is 4.19. The van der Waals surface area contributed by atoms with E-state index in [-0.39, 0.29) is 0 Å². The summed E-state index contributed by atoms with van der Waals surface area (Å²) in [4.78, 5) is 10.9. The van der Waals surface area contributed by atoms with Crippen molar-refractivity contribution in [3.05, 3.63) is 35.4 Å². The summed E-state index contributed by atoms with van der Waals surface area (Å²) in [6.07, 6.45) is 0. The lowest BCUT2D eigenvalue weighted by Crippen LogP contribution is -2.18. The van der Waals surface area contributed by atoms with E-state index in [0.717, 1.165) is 0 Å². The highest BCUT2D eigenvalue weighted by atomic mass is 16.5. The van der Waals surface area contributed by atoms with Crippen LogP contribution in [0.1, 0.15) is 35.7 Å². The largest absolute Gasteiger partial charge is 0.288 e. The molecule has 0 aromatic heterocycles. The fourth-order valence-electron chi connectivity index (χ4n) is 1.08. The van der Waals surface area contributed by atoms with Crippen molar-refractivity contribution in [1.82, 2.24) is 5.48 Å². The second kappa shape index (κ2) is 4.05. The van der Waals surface area contributed by atoms with Gasteiger partial charge in [0.15, 0.2) is 0 Å². The molecule has 0 saturated carbocycles. The van der Waals surface area contributed by atoms with Crippen LogP contribution in [0, 0.1) is 0 Å². The Labute approximate surface area is 77.4 Å². The predicted octanol–water partition coefficient (Wildman–Crippen LogP) is 1.93. The molecule has 0 saturated heterocycles. The minimum atomic E-state index is -0.477. The van der Waals surface area contributed by atoms with Crippen molar-refractivity contribution in [3.8, 4) is 0 Å². The van der Waals surface area contributed by atoms with E-state index in [1.54, 1.807) is 17.6 Å². The summed E-state index contributed by atoms with van der Waals surface area (Å²) in [6, 6.07) is 7.16. The monoisotopic (exact) mass is 179 g/mol. The Morgan fingerprint density at radius 3 is 2.23 bits per heavy atom. The number of nitrogens with one attached hydrogen (secondary N) is 1. The number of hydroxylamine groups is 1. The molecular formula is C10H13NO2. The van der Waals surface area contributed by atoms with Crippen molar-refractivity contribution in [2.75, 3.05) is 0 Å². The highest BCUT2D eigenvalue weighted by molar-refractivity contribution is 5.93. The van der Waals surface area contributed by atoms with Gasteiger partial charge in [-0.05, 0) is 23.6 Å². The van der Waals surface area contributed by atoms with Gasteiger partial charge in [0.25, 0.3) is 5.91 Å². The average Bonchev–Trinajstić information content (AvgIpc) is 2.17. The Kier molecular flexibility index (Phi) is 3.03. The molecule has 0 spiro atoms. The minimum absolute atomic E-state index is 0.450. The lowest BCUT2D eigenvalue weighted by atomic mass is 10.0. The number of carbonyl (C=O) groups excluding carboxylic acids is 1. The lowest BCUT2D eigenvalue weighted by Gasteiger charge is -2.05. The van der Waals surface area contributed by atoms with Crippen molar-refractivity contribution in [2.45, 2.75) is 19.8 Å². The maximum absolute atomic E-state index is 10.9. The van der Waals surface area contributed by atoms with Gasteiger partial charge in [0.05, 0.1) is 0 Å². The second-order valence-corrected chi connectivity index (χ2v) is 3.22. The highest BCUT2D eigenvalue weighted by Crippen LogP contribution is 2.14. The molecule has 2 N–H and O–H groups in total. The van der Waals surface area contributed by atoms with Crippen molar-refractivity contribution in [1.29, 1.82) is 0 Å². The summed E-state index contributed by atoms with van der Waals surface area (Å²) < 4.78 is 0. The quantitative estimate of drug-likeness (QED) is 0.538. The predicted molar refractivity (Wildman–Crippen MR) is 49.8 cm³/mol. The third kappa shape index (κ3) is 2.29. The average molecular weight is 179 g/mol. The molecule has 0 heterocycles. The normalized spacial score (nSPS) is 10.2. The fraction of sp³-hybridized carbons (Fsp3) is 0.300. The van der Waals surface area contributed by atoms with Crippen molar-refractivity contribution < 1.29 is 10.0 Å². The number of hydrogen-bond donors (Lipinski definition) is 2. The van der Waals surface area contributed by atoms with E-state index >= 15 is 0 Å². The zero-order chi connectivity index (χ0) is 9.84. The molecule has 1 aromatic rings. The van der Waals surface area contributed by atoms with Gasteiger partial charge in [-0.1, -0.05) is 26.0 Å². The van der Waals surface area contributed by atoms with E-state index in [0.29, 0.717) is 11.5 Å². The van der Waals surface area contributed by atoms with Crippen molar-refractivity contribution in [2.24, 2.45) is 0 Å². The van der Waals surface area contributed by atoms with Crippen LogP contribution in [-0.2, 0) is 0 Å². The third-order valence-corrected chi connectivity index (χ3v) is 1.94. The zero-order valence-electron chi connectivity index (χ0n) is 7.74. The van der Waals surface area contributed by atoms with E-state index in [9.17, 15) is 4.79 Å². The molecule has 1 amide bonds. The Hall–Kier alpha value is -1.35. The van der Waals surface area contributed by atoms with Crippen LogP contribution in [0.4, 0.5) is 0 Å². The van der Waals surface area contributed by atoms with Crippen LogP contribution in [0.25, 0.3) is 0 Å². The number of amides is 1. The van der Waals surface area contributed by atoms with Gasteiger partial charge in [-0.15, -0.1) is 0 Å². The summed E-state index contributed by atoms with van der Waals surface area (Å²) >= 11 is 0. The van der Waals surface area contributed by atoms with Crippen LogP contribution in [0.15, 0.2) is 24.3 Å². The summed E-state index contributed by atoms with van der Waals surface area (Å²) in [5.74, 6) is -0.0263. The molecule has 0 aliphatic rings. The van der Waals surface area contributed by atoms with Crippen LogP contribution in [0.5, 0.6) is 0 Å². The molecule has 0 unspecified atom stereocenters. The highest BCUT2D eigenvalue weighted by Gasteiger charge is 2.04. The summed E-state index contributed by atoms with van der Waals surface area (Å²) in [7, 11) is 0. The Morgan fingerprint density at radius 1 is 1.31 bits per heavy atom. The number of hydrogen-bond acceptors (Lipinski definition) is 2. The van der Waals surface area contributed by atoms with Gasteiger partial charge >= 0.3 is 0 Å². The standard InChI is InChI=1S/C10H13NO2/c1-7(2)8-3-5-9(6-4-8)10(12)11-13/h3-7,13H,1-2H3,(H,11,12). The summed E-state index contributed by atoms with van der Waals surface area (Å²) in [5, 5.41) is 8.37. The van der Waals surface area contributed by atoms with Gasteiger partial charge in [-0.3, -0.25) is 10.0 Å². The first-order chi connectivity index (χ1) is 6.15. The molecule has 1 aromatic carbocycles. The van der Waals surface area contributed by atoms with Crippen LogP contribution in [0.3, 0.4) is 0 Å². The Bertz CT molecular complexity index is 290. The Balaban J connectivity index is 2.87. The molecule has 0 aliphatic heterocycles. The fourth-order valence-corrected chi connectivity index (χ4v) is 1.08. The van der Waals surface area contributed by atoms with Crippen molar-refractivity contribution in [3.63, 3.8) is 0 Å². The van der Waals surface area contributed by atoms with Gasteiger partial charge in [-0.25, -0.2) is 5.48 Å². The van der Waals surface area contributed by atoms with E-state index in [1.807, 2.05) is 12.1 Å².